The lowest BCUT2D eigenvalue weighted by Gasteiger charge is -2.15. The van der Waals surface area contributed by atoms with E-state index in [4.69, 9.17) is 26.2 Å². The first-order chi connectivity index (χ1) is 10.4. The van der Waals surface area contributed by atoms with Crippen LogP contribution in [0.2, 0.25) is 5.02 Å². The number of nitrogens with one attached hydrogen (secondary N) is 1. The minimum absolute atomic E-state index is 0.146. The number of halogens is 1. The van der Waals surface area contributed by atoms with Crippen LogP contribution in [-0.2, 0) is 14.3 Å². The fourth-order valence-electron chi connectivity index (χ4n) is 1.60. The van der Waals surface area contributed by atoms with E-state index in [1.165, 1.54) is 6.08 Å². The second kappa shape index (κ2) is 9.07. The molecule has 0 saturated heterocycles. The SMILES string of the molecule is C=CCOCC(NC(=O)COc1ccc(Cl)cc1C)C(=O)O. The van der Waals surface area contributed by atoms with Gasteiger partial charge in [-0.2, -0.15) is 0 Å². The van der Waals surface area contributed by atoms with Crippen LogP contribution in [0.1, 0.15) is 5.56 Å². The molecule has 22 heavy (non-hydrogen) atoms. The highest BCUT2D eigenvalue weighted by molar-refractivity contribution is 6.30. The molecule has 0 aromatic heterocycles. The van der Waals surface area contributed by atoms with Crippen LogP contribution in [0.4, 0.5) is 0 Å². The van der Waals surface area contributed by atoms with Gasteiger partial charge in [-0.15, -0.1) is 6.58 Å². The third kappa shape index (κ3) is 6.15. The van der Waals surface area contributed by atoms with Crippen molar-refractivity contribution >= 4 is 23.5 Å². The maximum Gasteiger partial charge on any atom is 0.328 e. The van der Waals surface area contributed by atoms with Crippen LogP contribution in [-0.4, -0.2) is 42.8 Å². The van der Waals surface area contributed by atoms with E-state index in [2.05, 4.69) is 11.9 Å². The van der Waals surface area contributed by atoms with E-state index in [9.17, 15) is 9.59 Å². The second-order valence-corrected chi connectivity index (χ2v) is 4.92. The van der Waals surface area contributed by atoms with Gasteiger partial charge in [0, 0.05) is 5.02 Å². The van der Waals surface area contributed by atoms with Crippen LogP contribution >= 0.6 is 11.6 Å². The molecular weight excluding hydrogens is 310 g/mol. The van der Waals surface area contributed by atoms with Gasteiger partial charge in [0.1, 0.15) is 5.75 Å². The van der Waals surface area contributed by atoms with Gasteiger partial charge < -0.3 is 19.9 Å². The van der Waals surface area contributed by atoms with Crippen LogP contribution in [0.25, 0.3) is 0 Å². The highest BCUT2D eigenvalue weighted by Gasteiger charge is 2.20. The third-order valence-corrected chi connectivity index (χ3v) is 2.88. The van der Waals surface area contributed by atoms with Crippen molar-refractivity contribution in [1.82, 2.24) is 5.32 Å². The van der Waals surface area contributed by atoms with Gasteiger partial charge in [-0.05, 0) is 30.7 Å². The first-order valence-electron chi connectivity index (χ1n) is 6.53. The van der Waals surface area contributed by atoms with Gasteiger partial charge >= 0.3 is 5.97 Å². The minimum atomic E-state index is -1.18. The Hall–Kier alpha value is -2.05. The lowest BCUT2D eigenvalue weighted by Crippen LogP contribution is -2.45. The lowest BCUT2D eigenvalue weighted by atomic mass is 10.2. The number of rotatable bonds is 9. The molecular formula is C15H18ClNO5. The zero-order valence-corrected chi connectivity index (χ0v) is 12.9. The summed E-state index contributed by atoms with van der Waals surface area (Å²) in [5, 5.41) is 11.9. The standard InChI is InChI=1S/C15H18ClNO5/c1-3-6-21-8-12(15(19)20)17-14(18)9-22-13-5-4-11(16)7-10(13)2/h3-5,7,12H,1,6,8-9H2,2H3,(H,17,18)(H,19,20). The van der Waals surface area contributed by atoms with Gasteiger partial charge in [0.05, 0.1) is 13.2 Å². The van der Waals surface area contributed by atoms with E-state index in [-0.39, 0.29) is 19.8 Å². The summed E-state index contributed by atoms with van der Waals surface area (Å²) in [4.78, 5) is 22.8. The summed E-state index contributed by atoms with van der Waals surface area (Å²) in [6, 6.07) is 3.86. The molecule has 0 aliphatic carbocycles. The van der Waals surface area contributed by atoms with E-state index >= 15 is 0 Å². The Morgan fingerprint density at radius 2 is 2.23 bits per heavy atom. The maximum atomic E-state index is 11.7. The summed E-state index contributed by atoms with van der Waals surface area (Å²) in [6.45, 7) is 5.01. The topological polar surface area (TPSA) is 84.9 Å². The molecule has 0 aliphatic heterocycles. The second-order valence-electron chi connectivity index (χ2n) is 4.48. The van der Waals surface area contributed by atoms with Gasteiger partial charge in [-0.1, -0.05) is 17.7 Å². The fraction of sp³-hybridized carbons (Fsp3) is 0.333. The molecule has 0 saturated carbocycles. The summed E-state index contributed by atoms with van der Waals surface area (Å²) < 4.78 is 10.4. The summed E-state index contributed by atoms with van der Waals surface area (Å²) >= 11 is 5.82. The van der Waals surface area contributed by atoms with Gasteiger partial charge in [0.25, 0.3) is 5.91 Å². The summed E-state index contributed by atoms with van der Waals surface area (Å²) in [7, 11) is 0. The number of carboxylic acid groups (broad SMARTS) is 1. The number of carbonyl (C=O) groups excluding carboxylic acids is 1. The van der Waals surface area contributed by atoms with Gasteiger partial charge in [-0.25, -0.2) is 4.79 Å². The van der Waals surface area contributed by atoms with Crippen molar-refractivity contribution in [2.75, 3.05) is 19.8 Å². The quantitative estimate of drug-likeness (QED) is 0.533. The first kappa shape index (κ1) is 18.0. The number of ether oxygens (including phenoxy) is 2. The molecule has 1 unspecified atom stereocenters. The van der Waals surface area contributed by atoms with Crippen molar-refractivity contribution in [3.63, 3.8) is 0 Å². The Morgan fingerprint density at radius 1 is 1.50 bits per heavy atom. The molecule has 0 radical (unpaired) electrons. The van der Waals surface area contributed by atoms with E-state index in [1.807, 2.05) is 0 Å². The number of aliphatic carboxylic acids is 1. The highest BCUT2D eigenvalue weighted by atomic mass is 35.5. The number of benzene rings is 1. The molecule has 120 valence electrons. The predicted molar refractivity (Wildman–Crippen MR) is 82.3 cm³/mol. The van der Waals surface area contributed by atoms with Gasteiger partial charge in [0.2, 0.25) is 0 Å². The fourth-order valence-corrected chi connectivity index (χ4v) is 1.82. The molecule has 0 heterocycles. The smallest absolute Gasteiger partial charge is 0.328 e. The van der Waals surface area contributed by atoms with Crippen molar-refractivity contribution in [1.29, 1.82) is 0 Å². The Balaban J connectivity index is 2.49. The van der Waals surface area contributed by atoms with Crippen molar-refractivity contribution in [3.05, 3.63) is 41.4 Å². The normalized spacial score (nSPS) is 11.5. The third-order valence-electron chi connectivity index (χ3n) is 2.65. The van der Waals surface area contributed by atoms with Crippen molar-refractivity contribution in [2.24, 2.45) is 0 Å². The molecule has 7 heteroatoms. The lowest BCUT2D eigenvalue weighted by molar-refractivity contribution is -0.143. The number of aryl methyl sites for hydroxylation is 1. The molecule has 1 atom stereocenters. The zero-order valence-electron chi connectivity index (χ0n) is 12.2. The molecule has 2 N–H and O–H groups in total. The van der Waals surface area contributed by atoms with E-state index < -0.39 is 17.9 Å². The Bertz CT molecular complexity index is 547. The molecule has 1 rings (SSSR count). The molecule has 0 bridgehead atoms. The predicted octanol–water partition coefficient (Wildman–Crippen LogP) is 1.80. The number of carboxylic acids is 1. The molecule has 1 aromatic carbocycles. The molecule has 0 fully saturated rings. The molecule has 0 spiro atoms. The number of amides is 1. The number of hydrogen-bond acceptors (Lipinski definition) is 4. The maximum absolute atomic E-state index is 11.7. The Labute approximate surface area is 133 Å². The van der Waals surface area contributed by atoms with E-state index in [0.29, 0.717) is 10.8 Å². The van der Waals surface area contributed by atoms with Gasteiger partial charge in [0.15, 0.2) is 12.6 Å². The summed E-state index contributed by atoms with van der Waals surface area (Å²) in [6.07, 6.45) is 1.49. The average Bonchev–Trinajstić information content (AvgIpc) is 2.45. The van der Waals surface area contributed by atoms with Crippen LogP contribution in [0.5, 0.6) is 5.75 Å². The highest BCUT2D eigenvalue weighted by Crippen LogP contribution is 2.21. The average molecular weight is 328 g/mol. The molecule has 0 aliphatic rings. The number of hydrogen-bond donors (Lipinski definition) is 2. The summed E-state index contributed by atoms with van der Waals surface area (Å²) in [5.41, 5.74) is 0.782. The minimum Gasteiger partial charge on any atom is -0.484 e. The molecule has 1 aromatic rings. The van der Waals surface area contributed by atoms with Crippen LogP contribution < -0.4 is 10.1 Å². The number of carbonyl (C=O) groups is 2. The monoisotopic (exact) mass is 327 g/mol. The zero-order chi connectivity index (χ0) is 16.5. The van der Waals surface area contributed by atoms with E-state index in [1.54, 1.807) is 25.1 Å². The van der Waals surface area contributed by atoms with Gasteiger partial charge in [-0.3, -0.25) is 4.79 Å². The van der Waals surface area contributed by atoms with Crippen molar-refractivity contribution in [3.8, 4) is 5.75 Å². The summed E-state index contributed by atoms with van der Waals surface area (Å²) in [5.74, 6) is -1.22. The Kier molecular flexibility index (Phi) is 7.42. The van der Waals surface area contributed by atoms with Crippen molar-refractivity contribution in [2.45, 2.75) is 13.0 Å². The van der Waals surface area contributed by atoms with Crippen LogP contribution in [0.15, 0.2) is 30.9 Å². The van der Waals surface area contributed by atoms with E-state index in [0.717, 1.165) is 5.56 Å². The molecule has 1 amide bonds. The largest absolute Gasteiger partial charge is 0.484 e. The molecule has 6 nitrogen and oxygen atoms in total. The van der Waals surface area contributed by atoms with Crippen LogP contribution in [0, 0.1) is 6.92 Å². The van der Waals surface area contributed by atoms with Crippen molar-refractivity contribution < 1.29 is 24.2 Å². The Morgan fingerprint density at radius 3 is 2.82 bits per heavy atom. The van der Waals surface area contributed by atoms with Crippen LogP contribution in [0.3, 0.4) is 0 Å². The first-order valence-corrected chi connectivity index (χ1v) is 6.91.